The molecule has 3 heterocycles. The molecule has 0 radical (unpaired) electrons. The van der Waals surface area contributed by atoms with Crippen LogP contribution in [0.4, 0.5) is 27.7 Å². The van der Waals surface area contributed by atoms with Crippen LogP contribution in [0, 0.1) is 12.7 Å². The molecule has 0 aliphatic heterocycles. The summed E-state index contributed by atoms with van der Waals surface area (Å²) in [6, 6.07) is 5.52. The maximum Gasteiger partial charge on any atom is 0.229 e. The van der Waals surface area contributed by atoms with Crippen molar-refractivity contribution in [2.24, 2.45) is 7.05 Å². The van der Waals surface area contributed by atoms with Crippen LogP contribution in [0.25, 0.3) is 11.4 Å². The van der Waals surface area contributed by atoms with E-state index in [4.69, 9.17) is 0 Å². The van der Waals surface area contributed by atoms with Crippen molar-refractivity contribution < 1.29 is 12.8 Å². The topological polar surface area (TPSA) is 130 Å². The van der Waals surface area contributed by atoms with E-state index in [0.717, 1.165) is 36.4 Å². The Balaban J connectivity index is 1.60. The molecule has 1 aliphatic rings. The minimum absolute atomic E-state index is 0.0557. The minimum Gasteiger partial charge on any atom is -0.340 e. The number of benzene rings is 1. The first-order chi connectivity index (χ1) is 16.2. The number of aryl methyl sites for hydroxylation is 2. The fraction of sp³-hybridized carbons (Fsp3) is 0.273. The number of rotatable bonds is 7. The van der Waals surface area contributed by atoms with E-state index in [2.05, 4.69) is 35.8 Å². The van der Waals surface area contributed by atoms with Crippen molar-refractivity contribution >= 4 is 33.1 Å². The number of aromatic amines is 1. The highest BCUT2D eigenvalue weighted by Gasteiger charge is 2.32. The zero-order valence-corrected chi connectivity index (χ0v) is 19.6. The van der Waals surface area contributed by atoms with Crippen molar-refractivity contribution in [2.45, 2.75) is 30.6 Å². The molecule has 0 bridgehead atoms. The molecule has 176 valence electrons. The Bertz CT molecular complexity index is 1490. The Kier molecular flexibility index (Phi) is 5.31. The number of anilines is 4. The highest BCUT2D eigenvalue weighted by Crippen LogP contribution is 2.47. The maximum absolute atomic E-state index is 14.7. The normalized spacial score (nSPS) is 13.8. The summed E-state index contributed by atoms with van der Waals surface area (Å²) in [4.78, 5) is 13.7. The number of H-pyrrole nitrogens is 1. The Hall–Kier alpha value is -3.80. The molecule has 4 aromatic rings. The molecule has 3 aromatic heterocycles. The van der Waals surface area contributed by atoms with Crippen molar-refractivity contribution in [3.8, 4) is 11.4 Å². The maximum atomic E-state index is 14.7. The molecule has 1 fully saturated rings. The third-order valence-corrected chi connectivity index (χ3v) is 6.56. The molecule has 12 heteroatoms. The summed E-state index contributed by atoms with van der Waals surface area (Å²) in [6.07, 6.45) is 6.59. The third-order valence-electron chi connectivity index (χ3n) is 5.45. The van der Waals surface area contributed by atoms with Gasteiger partial charge in [0.2, 0.25) is 5.95 Å². The van der Waals surface area contributed by atoms with Gasteiger partial charge in [0.15, 0.2) is 15.7 Å². The summed E-state index contributed by atoms with van der Waals surface area (Å²) in [5.41, 5.74) is 3.19. The van der Waals surface area contributed by atoms with Crippen molar-refractivity contribution in [3.05, 3.63) is 53.9 Å². The van der Waals surface area contributed by atoms with Crippen LogP contribution in [0.2, 0.25) is 0 Å². The van der Waals surface area contributed by atoms with Crippen molar-refractivity contribution in [2.75, 3.05) is 16.9 Å². The van der Waals surface area contributed by atoms with E-state index >= 15 is 0 Å². The Morgan fingerprint density at radius 3 is 2.56 bits per heavy atom. The van der Waals surface area contributed by atoms with Gasteiger partial charge < -0.3 is 15.2 Å². The van der Waals surface area contributed by atoms with E-state index in [9.17, 15) is 12.8 Å². The first-order valence-electron chi connectivity index (χ1n) is 10.6. The number of nitrogens with one attached hydrogen (secondary N) is 3. The molecule has 0 saturated heterocycles. The summed E-state index contributed by atoms with van der Waals surface area (Å²) in [6.45, 7) is 1.90. The standard InChI is InChI=1S/C22H23FN8O2S/c1-12-8-18(30-29-12)26-21-19(13-4-5-13)20(17-10-31(2)11-24-17)27-22(28-21)25-16-7-6-14(9-15(16)23)34(3,32)33/h6-11,13H,4-5H2,1-3H3,(H3,25,26,27,28,29,30). The van der Waals surface area contributed by atoms with E-state index in [1.807, 2.05) is 30.8 Å². The monoisotopic (exact) mass is 482 g/mol. The molecule has 0 spiro atoms. The summed E-state index contributed by atoms with van der Waals surface area (Å²) in [5.74, 6) is 0.847. The van der Waals surface area contributed by atoms with Crippen LogP contribution in [0.15, 0.2) is 41.7 Å². The van der Waals surface area contributed by atoms with Crippen LogP contribution in [0.3, 0.4) is 0 Å². The Morgan fingerprint density at radius 1 is 1.18 bits per heavy atom. The number of halogens is 1. The zero-order chi connectivity index (χ0) is 24.0. The van der Waals surface area contributed by atoms with Gasteiger partial charge in [-0.1, -0.05) is 0 Å². The Morgan fingerprint density at radius 2 is 1.97 bits per heavy atom. The van der Waals surface area contributed by atoms with E-state index in [1.54, 1.807) is 6.33 Å². The van der Waals surface area contributed by atoms with Crippen molar-refractivity contribution in [1.29, 1.82) is 0 Å². The van der Waals surface area contributed by atoms with Gasteiger partial charge in [0.25, 0.3) is 0 Å². The number of hydrogen-bond donors (Lipinski definition) is 3. The van der Waals surface area contributed by atoms with Gasteiger partial charge in [-0.2, -0.15) is 10.1 Å². The smallest absolute Gasteiger partial charge is 0.229 e. The predicted molar refractivity (Wildman–Crippen MR) is 126 cm³/mol. The highest BCUT2D eigenvalue weighted by molar-refractivity contribution is 7.90. The fourth-order valence-electron chi connectivity index (χ4n) is 3.66. The van der Waals surface area contributed by atoms with Gasteiger partial charge in [-0.3, -0.25) is 5.10 Å². The second-order valence-corrected chi connectivity index (χ2v) is 10.5. The van der Waals surface area contributed by atoms with E-state index < -0.39 is 15.7 Å². The molecule has 0 unspecified atom stereocenters. The lowest BCUT2D eigenvalue weighted by Crippen LogP contribution is -2.08. The second-order valence-electron chi connectivity index (χ2n) is 8.46. The lowest BCUT2D eigenvalue weighted by molar-refractivity contribution is 0.596. The molecule has 34 heavy (non-hydrogen) atoms. The molecule has 10 nitrogen and oxygen atoms in total. The zero-order valence-electron chi connectivity index (χ0n) is 18.8. The number of nitrogens with zero attached hydrogens (tertiary/aromatic N) is 5. The average Bonchev–Trinajstić information content (AvgIpc) is 3.38. The first kappa shape index (κ1) is 22.0. The summed E-state index contributed by atoms with van der Waals surface area (Å²) in [5, 5.41) is 13.3. The molecule has 5 rings (SSSR count). The van der Waals surface area contributed by atoms with E-state index in [0.29, 0.717) is 23.0 Å². The lowest BCUT2D eigenvalue weighted by Gasteiger charge is -2.16. The van der Waals surface area contributed by atoms with Crippen LogP contribution >= 0.6 is 0 Å². The SMILES string of the molecule is Cc1cc(Nc2nc(Nc3ccc(S(C)(=O)=O)cc3F)nc(-c3cn(C)cn3)c2C2CC2)n[nH]1. The number of imidazole rings is 1. The average molecular weight is 483 g/mol. The predicted octanol–water partition coefficient (Wildman–Crippen LogP) is 3.82. The molecule has 1 aromatic carbocycles. The molecule has 0 atom stereocenters. The summed E-state index contributed by atoms with van der Waals surface area (Å²) in [7, 11) is -1.66. The van der Waals surface area contributed by atoms with Crippen LogP contribution in [0.5, 0.6) is 0 Å². The van der Waals surface area contributed by atoms with Gasteiger partial charge >= 0.3 is 0 Å². The van der Waals surface area contributed by atoms with Gasteiger partial charge in [-0.05, 0) is 43.9 Å². The van der Waals surface area contributed by atoms with Crippen LogP contribution < -0.4 is 10.6 Å². The molecule has 3 N–H and O–H groups in total. The molecule has 1 aliphatic carbocycles. The molecular weight excluding hydrogens is 459 g/mol. The van der Waals surface area contributed by atoms with Crippen LogP contribution in [-0.2, 0) is 16.9 Å². The fourth-order valence-corrected chi connectivity index (χ4v) is 4.29. The molecular formula is C22H23FN8O2S. The summed E-state index contributed by atoms with van der Waals surface area (Å²) < 4.78 is 40.1. The van der Waals surface area contributed by atoms with Gasteiger partial charge in [0, 0.05) is 36.8 Å². The first-order valence-corrected chi connectivity index (χ1v) is 12.5. The third kappa shape index (κ3) is 4.49. The number of hydrogen-bond acceptors (Lipinski definition) is 8. The molecule has 0 amide bonds. The molecule has 1 saturated carbocycles. The quantitative estimate of drug-likeness (QED) is 0.362. The van der Waals surface area contributed by atoms with Gasteiger partial charge in [0.1, 0.15) is 23.0 Å². The van der Waals surface area contributed by atoms with Crippen molar-refractivity contribution in [1.82, 2.24) is 29.7 Å². The Labute approximate surface area is 195 Å². The van der Waals surface area contributed by atoms with Gasteiger partial charge in [-0.25, -0.2) is 22.8 Å². The largest absolute Gasteiger partial charge is 0.340 e. The lowest BCUT2D eigenvalue weighted by atomic mass is 10.1. The van der Waals surface area contributed by atoms with Crippen molar-refractivity contribution in [3.63, 3.8) is 0 Å². The van der Waals surface area contributed by atoms with Crippen LogP contribution in [-0.4, -0.2) is 44.4 Å². The van der Waals surface area contributed by atoms with Gasteiger partial charge in [-0.15, -0.1) is 0 Å². The number of sulfone groups is 1. The second kappa shape index (κ2) is 8.20. The highest BCUT2D eigenvalue weighted by atomic mass is 32.2. The van der Waals surface area contributed by atoms with E-state index in [-0.39, 0.29) is 22.4 Å². The summed E-state index contributed by atoms with van der Waals surface area (Å²) >= 11 is 0. The minimum atomic E-state index is -3.53. The van der Waals surface area contributed by atoms with Gasteiger partial charge in [0.05, 0.1) is 16.9 Å². The van der Waals surface area contributed by atoms with E-state index in [1.165, 1.54) is 12.1 Å². The number of aromatic nitrogens is 6. The van der Waals surface area contributed by atoms with Crippen LogP contribution in [0.1, 0.15) is 30.0 Å².